The Labute approximate surface area is 144 Å². The van der Waals surface area contributed by atoms with Gasteiger partial charge in [0.1, 0.15) is 11.5 Å². The minimum absolute atomic E-state index is 0.106. The Kier molecular flexibility index (Phi) is 6.56. The van der Waals surface area contributed by atoms with Gasteiger partial charge in [-0.1, -0.05) is 51.1 Å². The number of benzene rings is 2. The van der Waals surface area contributed by atoms with Crippen LogP contribution in [0, 0.1) is 0 Å². The molecule has 3 nitrogen and oxygen atoms in total. The van der Waals surface area contributed by atoms with Crippen molar-refractivity contribution in [3.05, 3.63) is 53.6 Å². The Morgan fingerprint density at radius 2 is 1.79 bits per heavy atom. The smallest absolute Gasteiger partial charge is 0.149 e. The van der Waals surface area contributed by atoms with E-state index < -0.39 is 0 Å². The van der Waals surface area contributed by atoms with Crippen LogP contribution in [0.15, 0.2) is 42.5 Å². The maximum Gasteiger partial charge on any atom is 0.149 e. The number of likely N-dealkylation sites (N-methyl/N-ethyl adjacent to an activating group) is 1. The van der Waals surface area contributed by atoms with Crippen LogP contribution in [0.5, 0.6) is 5.75 Å². The summed E-state index contributed by atoms with van der Waals surface area (Å²) in [5.41, 5.74) is 4.57. The molecule has 0 radical (unpaired) electrons. The third kappa shape index (κ3) is 4.45. The molecular formula is C21H27NO2. The molecule has 0 saturated heterocycles. The van der Waals surface area contributed by atoms with E-state index in [4.69, 9.17) is 0 Å². The number of Topliss-reactive ketones (excluding diaryl/α,β-unsaturated/α-hetero) is 1. The van der Waals surface area contributed by atoms with Crippen LogP contribution in [-0.2, 0) is 17.6 Å². The second-order valence-corrected chi connectivity index (χ2v) is 6.03. The van der Waals surface area contributed by atoms with Crippen LogP contribution in [-0.4, -0.2) is 23.5 Å². The number of rotatable bonds is 8. The van der Waals surface area contributed by atoms with Crippen LogP contribution in [0.3, 0.4) is 0 Å². The standard InChI is InChI=1S/C21H27NO2/c1-4-16-14-18(23)11-12-19(16)17-9-7-15(8-10-17)13-20(22-6-3)21(24)5-2/h7-12,14,20,22-23H,4-6,13H2,1-3H3/t20-/m0/s1. The summed E-state index contributed by atoms with van der Waals surface area (Å²) in [7, 11) is 0. The van der Waals surface area contributed by atoms with Gasteiger partial charge in [0.15, 0.2) is 0 Å². The fourth-order valence-electron chi connectivity index (χ4n) is 3.00. The maximum atomic E-state index is 12.0. The molecule has 2 aromatic rings. The van der Waals surface area contributed by atoms with Crippen LogP contribution in [0.2, 0.25) is 0 Å². The van der Waals surface area contributed by atoms with Crippen molar-refractivity contribution < 1.29 is 9.90 Å². The molecule has 0 heterocycles. The molecule has 2 aromatic carbocycles. The van der Waals surface area contributed by atoms with Crippen molar-refractivity contribution in [1.82, 2.24) is 5.32 Å². The summed E-state index contributed by atoms with van der Waals surface area (Å²) in [5.74, 6) is 0.562. The second kappa shape index (κ2) is 8.65. The van der Waals surface area contributed by atoms with E-state index in [2.05, 4.69) is 36.5 Å². The van der Waals surface area contributed by atoms with E-state index in [0.717, 1.165) is 41.6 Å². The maximum absolute atomic E-state index is 12.0. The summed E-state index contributed by atoms with van der Waals surface area (Å²) < 4.78 is 0. The zero-order valence-corrected chi connectivity index (χ0v) is 14.8. The molecule has 0 spiro atoms. The first-order valence-electron chi connectivity index (χ1n) is 8.76. The molecule has 0 aromatic heterocycles. The lowest BCUT2D eigenvalue weighted by atomic mass is 9.95. The van der Waals surface area contributed by atoms with E-state index >= 15 is 0 Å². The Morgan fingerprint density at radius 3 is 2.38 bits per heavy atom. The number of phenols is 1. The molecule has 128 valence electrons. The molecule has 3 heteroatoms. The van der Waals surface area contributed by atoms with Crippen LogP contribution in [0.1, 0.15) is 38.3 Å². The monoisotopic (exact) mass is 325 g/mol. The van der Waals surface area contributed by atoms with Gasteiger partial charge in [0.2, 0.25) is 0 Å². The summed E-state index contributed by atoms with van der Waals surface area (Å²) in [6.45, 7) is 6.81. The number of hydrogen-bond donors (Lipinski definition) is 2. The normalized spacial score (nSPS) is 12.1. The predicted octanol–water partition coefficient (Wildman–Crippen LogP) is 4.12. The average molecular weight is 325 g/mol. The Hall–Kier alpha value is -2.13. The molecule has 0 amide bonds. The van der Waals surface area contributed by atoms with Gasteiger partial charge in [-0.05, 0) is 53.8 Å². The lowest BCUT2D eigenvalue weighted by Crippen LogP contribution is -2.38. The summed E-state index contributed by atoms with van der Waals surface area (Å²) in [6, 6.07) is 13.8. The van der Waals surface area contributed by atoms with Crippen LogP contribution in [0.4, 0.5) is 0 Å². The number of aromatic hydroxyl groups is 1. The first kappa shape index (κ1) is 18.2. The highest BCUT2D eigenvalue weighted by Gasteiger charge is 2.16. The summed E-state index contributed by atoms with van der Waals surface area (Å²) >= 11 is 0. The molecule has 1 atom stereocenters. The fraction of sp³-hybridized carbons (Fsp3) is 0.381. The van der Waals surface area contributed by atoms with Crippen molar-refractivity contribution >= 4 is 5.78 Å². The molecule has 0 bridgehead atoms. The minimum Gasteiger partial charge on any atom is -0.508 e. The van der Waals surface area contributed by atoms with Gasteiger partial charge in [-0.3, -0.25) is 4.79 Å². The average Bonchev–Trinajstić information content (AvgIpc) is 2.61. The van der Waals surface area contributed by atoms with Crippen molar-refractivity contribution in [3.8, 4) is 16.9 Å². The Bertz CT molecular complexity index is 677. The van der Waals surface area contributed by atoms with Gasteiger partial charge in [-0.15, -0.1) is 0 Å². The van der Waals surface area contributed by atoms with Gasteiger partial charge >= 0.3 is 0 Å². The number of phenolic OH excluding ortho intramolecular Hbond substituents is 1. The van der Waals surface area contributed by atoms with Crippen molar-refractivity contribution in [2.75, 3.05) is 6.54 Å². The van der Waals surface area contributed by atoms with Crippen LogP contribution in [0.25, 0.3) is 11.1 Å². The Morgan fingerprint density at radius 1 is 1.08 bits per heavy atom. The SMILES string of the molecule is CCN[C@@H](Cc1ccc(-c2ccc(O)cc2CC)cc1)C(=O)CC. The second-order valence-electron chi connectivity index (χ2n) is 6.03. The van der Waals surface area contributed by atoms with Crippen molar-refractivity contribution in [2.45, 2.75) is 46.1 Å². The highest BCUT2D eigenvalue weighted by atomic mass is 16.3. The fourth-order valence-corrected chi connectivity index (χ4v) is 3.00. The van der Waals surface area contributed by atoms with E-state index in [9.17, 15) is 9.90 Å². The predicted molar refractivity (Wildman–Crippen MR) is 99.4 cm³/mol. The quantitative estimate of drug-likeness (QED) is 0.767. The Balaban J connectivity index is 2.20. The van der Waals surface area contributed by atoms with E-state index in [1.54, 1.807) is 6.07 Å². The zero-order chi connectivity index (χ0) is 17.5. The largest absolute Gasteiger partial charge is 0.508 e. The number of nitrogens with one attached hydrogen (secondary N) is 1. The topological polar surface area (TPSA) is 49.3 Å². The number of aryl methyl sites for hydroxylation is 1. The molecule has 0 aliphatic heterocycles. The summed E-state index contributed by atoms with van der Waals surface area (Å²) in [4.78, 5) is 12.0. The highest BCUT2D eigenvalue weighted by Crippen LogP contribution is 2.28. The van der Waals surface area contributed by atoms with Gasteiger partial charge < -0.3 is 10.4 Å². The first-order chi connectivity index (χ1) is 11.6. The van der Waals surface area contributed by atoms with Gasteiger partial charge in [0.25, 0.3) is 0 Å². The molecule has 2 N–H and O–H groups in total. The van der Waals surface area contributed by atoms with Crippen molar-refractivity contribution in [2.24, 2.45) is 0 Å². The van der Waals surface area contributed by atoms with Crippen LogP contribution >= 0.6 is 0 Å². The zero-order valence-electron chi connectivity index (χ0n) is 14.8. The van der Waals surface area contributed by atoms with E-state index in [0.29, 0.717) is 12.2 Å². The van der Waals surface area contributed by atoms with Gasteiger partial charge in [-0.2, -0.15) is 0 Å². The molecule has 2 rings (SSSR count). The summed E-state index contributed by atoms with van der Waals surface area (Å²) in [5, 5.41) is 12.9. The number of hydrogen-bond acceptors (Lipinski definition) is 3. The van der Waals surface area contributed by atoms with Crippen molar-refractivity contribution in [1.29, 1.82) is 0 Å². The third-order valence-corrected chi connectivity index (χ3v) is 4.36. The molecule has 0 aliphatic carbocycles. The highest BCUT2D eigenvalue weighted by molar-refractivity contribution is 5.84. The first-order valence-corrected chi connectivity index (χ1v) is 8.76. The van der Waals surface area contributed by atoms with E-state index in [1.807, 2.05) is 26.0 Å². The number of carbonyl (C=O) groups excluding carboxylic acids is 1. The molecule has 0 fully saturated rings. The third-order valence-electron chi connectivity index (χ3n) is 4.36. The molecule has 0 saturated carbocycles. The van der Waals surface area contributed by atoms with Gasteiger partial charge in [0.05, 0.1) is 6.04 Å². The van der Waals surface area contributed by atoms with Crippen molar-refractivity contribution in [3.63, 3.8) is 0 Å². The molecular weight excluding hydrogens is 298 g/mol. The van der Waals surface area contributed by atoms with Gasteiger partial charge in [-0.25, -0.2) is 0 Å². The molecule has 0 aliphatic rings. The number of carbonyl (C=O) groups is 1. The summed E-state index contributed by atoms with van der Waals surface area (Å²) in [6.07, 6.45) is 2.15. The van der Waals surface area contributed by atoms with Crippen LogP contribution < -0.4 is 5.32 Å². The lowest BCUT2D eigenvalue weighted by molar-refractivity contribution is -0.120. The minimum atomic E-state index is -0.106. The molecule has 24 heavy (non-hydrogen) atoms. The van der Waals surface area contributed by atoms with E-state index in [-0.39, 0.29) is 11.8 Å². The molecule has 0 unspecified atom stereocenters. The lowest BCUT2D eigenvalue weighted by Gasteiger charge is -2.16. The van der Waals surface area contributed by atoms with Gasteiger partial charge in [0, 0.05) is 6.42 Å². The van der Waals surface area contributed by atoms with E-state index in [1.165, 1.54) is 0 Å². The number of ketones is 1.